The summed E-state index contributed by atoms with van der Waals surface area (Å²) in [7, 11) is -7.46. The van der Waals surface area contributed by atoms with Crippen molar-refractivity contribution in [3.63, 3.8) is 0 Å². The highest BCUT2D eigenvalue weighted by Gasteiger charge is 2.44. The normalized spacial score (nSPS) is 26.0. The first-order chi connectivity index (χ1) is 38.0. The number of aliphatic hydroxyl groups excluding tert-OH is 10. The van der Waals surface area contributed by atoms with Crippen LogP contribution in [0.5, 0.6) is 0 Å². The summed E-state index contributed by atoms with van der Waals surface area (Å²) in [4.78, 5) is 0. The second kappa shape index (κ2) is 39.7. The van der Waals surface area contributed by atoms with Crippen LogP contribution in [0.1, 0.15) is 138 Å². The number of unbranched alkanes of at least 4 members (excludes halogenated alkanes) is 2. The smallest absolute Gasteiger partial charge is 0.330 e. The molecule has 2 aliphatic rings. The summed E-state index contributed by atoms with van der Waals surface area (Å²) in [5.41, 5.74) is -2.58. The summed E-state index contributed by atoms with van der Waals surface area (Å²) in [6, 6.07) is 4.90. The first-order valence-corrected chi connectivity index (χ1v) is 48.1. The van der Waals surface area contributed by atoms with Crippen LogP contribution in [0, 0.1) is 11.8 Å². The van der Waals surface area contributed by atoms with Crippen LogP contribution in [0.25, 0.3) is 0 Å². The summed E-state index contributed by atoms with van der Waals surface area (Å²) < 4.78 is 48.8. The highest BCUT2D eigenvalue weighted by molar-refractivity contribution is 6.83. The molecule has 15 atom stereocenters. The molecule has 0 saturated heterocycles. The van der Waals surface area contributed by atoms with Gasteiger partial charge in [-0.15, -0.1) is 0 Å². The minimum absolute atomic E-state index is 0.0311. The number of ether oxygens (including phenoxy) is 2. The van der Waals surface area contributed by atoms with Gasteiger partial charge in [0.1, 0.15) is 11.2 Å². The van der Waals surface area contributed by atoms with Crippen LogP contribution in [-0.4, -0.2) is 232 Å². The van der Waals surface area contributed by atoms with Gasteiger partial charge in [-0.2, -0.15) is 0 Å². The van der Waals surface area contributed by atoms with Gasteiger partial charge in [-0.1, -0.05) is 25.7 Å². The Hall–Kier alpha value is 0.501. The lowest BCUT2D eigenvalue weighted by Gasteiger charge is -2.39. The Morgan fingerprint density at radius 1 is 0.422 bits per heavy atom. The molecule has 0 bridgehead atoms. The van der Waals surface area contributed by atoms with E-state index >= 15 is 0 Å². The molecule has 2 fully saturated rings. The van der Waals surface area contributed by atoms with Gasteiger partial charge in [0.2, 0.25) is 0 Å². The van der Waals surface area contributed by atoms with Gasteiger partial charge < -0.3 is 96.4 Å². The van der Waals surface area contributed by atoms with Crippen molar-refractivity contribution in [1.29, 1.82) is 0 Å². The minimum Gasteiger partial charge on any atom is -0.436 e. The average Bonchev–Trinajstić information content (AvgIpc) is 3.43. The van der Waals surface area contributed by atoms with E-state index < -0.39 is 123 Å². The lowest BCUT2D eigenvalue weighted by molar-refractivity contribution is -0.102. The molecule has 2 rings (SSSR count). The predicted octanol–water partition coefficient (Wildman–Crippen LogP) is 7.11. The summed E-state index contributed by atoms with van der Waals surface area (Å²) in [5, 5.41) is 117. The number of rotatable bonds is 40. The van der Waals surface area contributed by atoms with E-state index in [1.807, 2.05) is 0 Å². The van der Waals surface area contributed by atoms with Crippen LogP contribution in [0.15, 0.2) is 0 Å². The Balaban J connectivity index is 0.00000122. The van der Waals surface area contributed by atoms with Gasteiger partial charge in [0, 0.05) is 40.6 Å². The fourth-order valence-electron chi connectivity index (χ4n) is 10.3. The SMILES string of the molecule is CO[Si](CCC1CCC(O)C(O)C1)(CCC1CCC(O)C(O)C1)O[Si](C)(C)C.CO[Si](CCCCC(O)C(C)O)(CCCCC(O)C(C)O)O[Si](C)(C)C.CO[Si](CCCOCC(C)(O)C(C)O)(CCOCC(C)(O)C(C)O)O[Si](C)(C)C. The third kappa shape index (κ3) is 36.8. The maximum absolute atomic E-state index is 10.1. The maximum atomic E-state index is 10.1. The Morgan fingerprint density at radius 3 is 1.04 bits per heavy atom. The minimum atomic E-state index is -2.55. The molecule has 2 aliphatic carbocycles. The van der Waals surface area contributed by atoms with Crippen LogP contribution >= 0.6 is 0 Å². The summed E-state index contributed by atoms with van der Waals surface area (Å²) in [5.74, 6) is 0.828. The molecule has 0 amide bonds. The van der Waals surface area contributed by atoms with Gasteiger partial charge in [0.05, 0.1) is 74.3 Å². The molecule has 26 heteroatoms. The van der Waals surface area contributed by atoms with Crippen molar-refractivity contribution in [2.24, 2.45) is 11.8 Å². The molecule has 0 aromatic rings. The second-order valence-corrected chi connectivity index (χ2v) is 52.6. The third-order valence-corrected chi connectivity index (χ3v) is 36.5. The van der Waals surface area contributed by atoms with Crippen LogP contribution < -0.4 is 0 Å². The molecule has 83 heavy (non-hydrogen) atoms. The first-order valence-electron chi connectivity index (χ1n) is 31.2. The molecule has 2 saturated carbocycles. The summed E-state index contributed by atoms with van der Waals surface area (Å²) in [6.45, 7) is 29.7. The molecule has 0 radical (unpaired) electrons. The van der Waals surface area contributed by atoms with E-state index in [0.717, 1.165) is 75.5 Å². The monoisotopic (exact) mass is 1300 g/mol. The van der Waals surface area contributed by atoms with Crippen LogP contribution in [0.4, 0.5) is 0 Å². The van der Waals surface area contributed by atoms with E-state index in [-0.39, 0.29) is 13.2 Å². The molecule has 0 aliphatic heterocycles. The molecule has 0 aromatic heterocycles. The molecule has 12 N–H and O–H groups in total. The van der Waals surface area contributed by atoms with Gasteiger partial charge in [0.25, 0.3) is 0 Å². The van der Waals surface area contributed by atoms with Crippen molar-refractivity contribution in [3.05, 3.63) is 0 Å². The molecule has 20 nitrogen and oxygen atoms in total. The van der Waals surface area contributed by atoms with Gasteiger partial charge >= 0.3 is 25.7 Å². The zero-order valence-electron chi connectivity index (χ0n) is 55.2. The summed E-state index contributed by atoms with van der Waals surface area (Å²) >= 11 is 0. The Bertz CT molecular complexity index is 1600. The molecule has 15 unspecified atom stereocenters. The Kier molecular flexibility index (Phi) is 39.9. The van der Waals surface area contributed by atoms with Crippen LogP contribution in [0.3, 0.4) is 0 Å². The molecule has 500 valence electrons. The lowest BCUT2D eigenvalue weighted by atomic mass is 9.84. The standard InChI is InChI=1S/C20H42O6Si2.C19H44O8Si2.C18H42O6Si2/c1-25-28(26-27(2,3)4,11-9-15-5-7-17(21)19(23)13-15)12-10-16-6-8-18(22)20(24)14-16;1-16(20)18(3,22)14-25-10-9-12-29(24-5,27-28(6,7)8)13-11-26-15-19(4,23)17(2)21;1-15(19)17(21)11-7-9-13-26(23-3,24-25(4,5)6)14-10-8-12-18(22)16(2)20/h15-24H,5-14H2,1-4H3;16-17,20-23H,9-15H2,1-8H3;15-22H,7-14H2,1-6H3. The molecular weight excluding hydrogens is 1170 g/mol. The van der Waals surface area contributed by atoms with Crippen molar-refractivity contribution in [2.45, 2.75) is 305 Å². The zero-order chi connectivity index (χ0) is 64.3. The van der Waals surface area contributed by atoms with E-state index in [9.17, 15) is 61.3 Å². The van der Waals surface area contributed by atoms with E-state index in [1.54, 1.807) is 42.1 Å². The largest absolute Gasteiger partial charge is 0.436 e. The molecule has 0 aromatic carbocycles. The van der Waals surface area contributed by atoms with E-state index in [4.69, 9.17) is 35.1 Å². The maximum Gasteiger partial charge on any atom is 0.330 e. The molecule has 0 spiro atoms. The van der Waals surface area contributed by atoms with E-state index in [0.29, 0.717) is 82.1 Å². The molecular formula is C57H128O20Si6. The highest BCUT2D eigenvalue weighted by Crippen LogP contribution is 2.37. The summed E-state index contributed by atoms with van der Waals surface area (Å²) in [6.07, 6.45) is 4.99. The van der Waals surface area contributed by atoms with E-state index in [2.05, 4.69) is 58.9 Å². The zero-order valence-corrected chi connectivity index (χ0v) is 61.2. The predicted molar refractivity (Wildman–Crippen MR) is 342 cm³/mol. The van der Waals surface area contributed by atoms with E-state index in [1.165, 1.54) is 20.8 Å². The highest BCUT2D eigenvalue weighted by atomic mass is 28.4. The quantitative estimate of drug-likeness (QED) is 0.0215. The first kappa shape index (κ1) is 83.5. The van der Waals surface area contributed by atoms with Gasteiger partial charge in [-0.05, 0) is 213 Å². The van der Waals surface area contributed by atoms with Crippen molar-refractivity contribution in [2.75, 3.05) is 47.8 Å². The van der Waals surface area contributed by atoms with Crippen molar-refractivity contribution < 1.29 is 96.4 Å². The number of hydrogen-bond donors (Lipinski definition) is 12. The Morgan fingerprint density at radius 2 is 0.735 bits per heavy atom. The van der Waals surface area contributed by atoms with Crippen LogP contribution in [0.2, 0.25) is 95.2 Å². The van der Waals surface area contributed by atoms with Gasteiger partial charge in [-0.3, -0.25) is 0 Å². The fourth-order valence-corrected chi connectivity index (χ4v) is 33.6. The van der Waals surface area contributed by atoms with Crippen molar-refractivity contribution in [3.8, 4) is 0 Å². The fraction of sp³-hybridized carbons (Fsp3) is 1.00. The third-order valence-electron chi connectivity index (χ3n) is 16.0. The van der Waals surface area contributed by atoms with Gasteiger partial charge in [0.15, 0.2) is 25.0 Å². The molecule has 0 heterocycles. The average molecular weight is 1300 g/mol. The number of hydrogen-bond acceptors (Lipinski definition) is 20. The Labute approximate surface area is 509 Å². The van der Waals surface area contributed by atoms with Crippen LogP contribution in [-0.2, 0) is 35.1 Å². The lowest BCUT2D eigenvalue weighted by Crippen LogP contribution is -2.50. The number of aliphatic hydroxyl groups is 12. The van der Waals surface area contributed by atoms with Crippen molar-refractivity contribution in [1.82, 2.24) is 0 Å². The topological polar surface area (TPSA) is 317 Å². The second-order valence-electron chi connectivity index (χ2n) is 27.8. The van der Waals surface area contributed by atoms with Gasteiger partial charge in [-0.25, -0.2) is 0 Å². The van der Waals surface area contributed by atoms with Crippen molar-refractivity contribution >= 4 is 50.6 Å².